The topological polar surface area (TPSA) is 61.7 Å². The Morgan fingerprint density at radius 2 is 2.15 bits per heavy atom. The number of aryl methyl sites for hydroxylation is 1. The third-order valence-corrected chi connectivity index (χ3v) is 4.28. The van der Waals surface area contributed by atoms with Crippen LogP contribution in [0.4, 0.5) is 0 Å². The lowest BCUT2D eigenvalue weighted by molar-refractivity contribution is 0.328. The molecule has 2 N–H and O–H groups in total. The van der Waals surface area contributed by atoms with Crippen molar-refractivity contribution in [1.29, 1.82) is 0 Å². The SMILES string of the molecule is Cn1cncc1C(N)Cc1ccn(C2CCCCC2)n1. The van der Waals surface area contributed by atoms with Gasteiger partial charge in [0, 0.05) is 25.9 Å². The number of nitrogens with zero attached hydrogens (tertiary/aromatic N) is 4. The van der Waals surface area contributed by atoms with Crippen molar-refractivity contribution in [3.05, 3.63) is 36.2 Å². The first-order valence-electron chi connectivity index (χ1n) is 7.50. The molecular weight excluding hydrogens is 250 g/mol. The monoisotopic (exact) mass is 273 g/mol. The molecule has 0 saturated heterocycles. The molecule has 3 rings (SSSR count). The summed E-state index contributed by atoms with van der Waals surface area (Å²) in [7, 11) is 1.98. The molecule has 2 aromatic heterocycles. The number of hydrogen-bond donors (Lipinski definition) is 1. The molecule has 0 aromatic carbocycles. The summed E-state index contributed by atoms with van der Waals surface area (Å²) in [5, 5.41) is 4.72. The first-order chi connectivity index (χ1) is 9.74. The summed E-state index contributed by atoms with van der Waals surface area (Å²) in [4.78, 5) is 4.12. The summed E-state index contributed by atoms with van der Waals surface area (Å²) in [6.07, 6.45) is 13.0. The number of rotatable bonds is 4. The van der Waals surface area contributed by atoms with Gasteiger partial charge in [-0.05, 0) is 18.9 Å². The van der Waals surface area contributed by atoms with Gasteiger partial charge in [0.05, 0.1) is 29.8 Å². The molecule has 2 aromatic rings. The largest absolute Gasteiger partial charge is 0.336 e. The first-order valence-corrected chi connectivity index (χ1v) is 7.50. The van der Waals surface area contributed by atoms with Gasteiger partial charge in [-0.3, -0.25) is 4.68 Å². The molecule has 1 atom stereocenters. The van der Waals surface area contributed by atoms with E-state index in [9.17, 15) is 0 Å². The average molecular weight is 273 g/mol. The van der Waals surface area contributed by atoms with Gasteiger partial charge in [0.1, 0.15) is 0 Å². The van der Waals surface area contributed by atoms with Crippen LogP contribution in [-0.4, -0.2) is 19.3 Å². The van der Waals surface area contributed by atoms with Crippen LogP contribution in [0.1, 0.15) is 55.6 Å². The number of aromatic nitrogens is 4. The zero-order chi connectivity index (χ0) is 13.9. The second-order valence-electron chi connectivity index (χ2n) is 5.82. The van der Waals surface area contributed by atoms with Gasteiger partial charge in [-0.25, -0.2) is 4.98 Å². The second kappa shape index (κ2) is 5.79. The molecule has 1 aliphatic carbocycles. The number of nitrogens with two attached hydrogens (primary N) is 1. The fourth-order valence-corrected chi connectivity index (χ4v) is 3.09. The van der Waals surface area contributed by atoms with Gasteiger partial charge in [0.25, 0.3) is 0 Å². The van der Waals surface area contributed by atoms with E-state index < -0.39 is 0 Å². The highest BCUT2D eigenvalue weighted by molar-refractivity contribution is 5.10. The average Bonchev–Trinajstić information content (AvgIpc) is 3.09. The van der Waals surface area contributed by atoms with Crippen LogP contribution in [0.5, 0.6) is 0 Å². The molecule has 0 amide bonds. The lowest BCUT2D eigenvalue weighted by Crippen LogP contribution is -2.17. The standard InChI is InChI=1S/C15H23N5/c1-19-11-17-10-15(19)14(16)9-12-7-8-20(18-12)13-5-3-2-4-6-13/h7-8,10-11,13-14H,2-6,9,16H2,1H3. The number of imidazole rings is 1. The van der Waals surface area contributed by atoms with E-state index in [2.05, 4.69) is 21.9 Å². The molecule has 20 heavy (non-hydrogen) atoms. The van der Waals surface area contributed by atoms with E-state index in [1.807, 2.05) is 17.8 Å². The molecule has 5 nitrogen and oxygen atoms in total. The van der Waals surface area contributed by atoms with Crippen LogP contribution in [0, 0.1) is 0 Å². The maximum atomic E-state index is 6.25. The molecular formula is C15H23N5. The van der Waals surface area contributed by atoms with Crippen LogP contribution in [-0.2, 0) is 13.5 Å². The van der Waals surface area contributed by atoms with E-state index in [1.165, 1.54) is 32.1 Å². The summed E-state index contributed by atoms with van der Waals surface area (Å²) in [5.74, 6) is 0. The van der Waals surface area contributed by atoms with Crippen LogP contribution >= 0.6 is 0 Å². The van der Waals surface area contributed by atoms with E-state index in [-0.39, 0.29) is 6.04 Å². The van der Waals surface area contributed by atoms with Crippen molar-refractivity contribution in [1.82, 2.24) is 19.3 Å². The summed E-state index contributed by atoms with van der Waals surface area (Å²) in [6.45, 7) is 0. The Labute approximate surface area is 119 Å². The Morgan fingerprint density at radius 1 is 1.35 bits per heavy atom. The highest BCUT2D eigenvalue weighted by atomic mass is 15.3. The van der Waals surface area contributed by atoms with Crippen LogP contribution in [0.3, 0.4) is 0 Å². The number of hydrogen-bond acceptors (Lipinski definition) is 3. The second-order valence-corrected chi connectivity index (χ2v) is 5.82. The van der Waals surface area contributed by atoms with Crippen molar-refractivity contribution in [2.24, 2.45) is 12.8 Å². The highest BCUT2D eigenvalue weighted by Gasteiger charge is 2.17. The van der Waals surface area contributed by atoms with E-state index in [0.717, 1.165) is 17.8 Å². The van der Waals surface area contributed by atoms with Gasteiger partial charge in [0.15, 0.2) is 0 Å². The van der Waals surface area contributed by atoms with Crippen molar-refractivity contribution in [3.63, 3.8) is 0 Å². The van der Waals surface area contributed by atoms with Gasteiger partial charge in [-0.1, -0.05) is 19.3 Å². The molecule has 0 aliphatic heterocycles. The van der Waals surface area contributed by atoms with Crippen molar-refractivity contribution in [2.75, 3.05) is 0 Å². The fourth-order valence-electron chi connectivity index (χ4n) is 3.09. The Morgan fingerprint density at radius 3 is 2.85 bits per heavy atom. The molecule has 1 aliphatic rings. The molecule has 0 spiro atoms. The Bertz CT molecular complexity index is 550. The Balaban J connectivity index is 1.66. The quantitative estimate of drug-likeness (QED) is 0.930. The van der Waals surface area contributed by atoms with Crippen molar-refractivity contribution in [3.8, 4) is 0 Å². The van der Waals surface area contributed by atoms with Crippen LogP contribution in [0.25, 0.3) is 0 Å². The van der Waals surface area contributed by atoms with Crippen molar-refractivity contribution in [2.45, 2.75) is 50.6 Å². The van der Waals surface area contributed by atoms with Crippen LogP contribution in [0.2, 0.25) is 0 Å². The molecule has 108 valence electrons. The zero-order valence-corrected chi connectivity index (χ0v) is 12.1. The van der Waals surface area contributed by atoms with E-state index >= 15 is 0 Å². The van der Waals surface area contributed by atoms with E-state index in [0.29, 0.717) is 6.04 Å². The smallest absolute Gasteiger partial charge is 0.0946 e. The summed E-state index contributed by atoms with van der Waals surface area (Å²) in [5.41, 5.74) is 8.38. The molecule has 2 heterocycles. The third kappa shape index (κ3) is 2.77. The maximum Gasteiger partial charge on any atom is 0.0946 e. The van der Waals surface area contributed by atoms with Gasteiger partial charge in [0.2, 0.25) is 0 Å². The summed E-state index contributed by atoms with van der Waals surface area (Å²) >= 11 is 0. The Kier molecular flexibility index (Phi) is 3.87. The fraction of sp³-hybridized carbons (Fsp3) is 0.600. The highest BCUT2D eigenvalue weighted by Crippen LogP contribution is 2.27. The van der Waals surface area contributed by atoms with E-state index in [4.69, 9.17) is 10.8 Å². The van der Waals surface area contributed by atoms with Gasteiger partial charge >= 0.3 is 0 Å². The summed E-state index contributed by atoms with van der Waals surface area (Å²) in [6, 6.07) is 2.65. The third-order valence-electron chi connectivity index (χ3n) is 4.28. The van der Waals surface area contributed by atoms with Gasteiger partial charge in [-0.15, -0.1) is 0 Å². The molecule has 0 radical (unpaired) electrons. The summed E-state index contributed by atoms with van der Waals surface area (Å²) < 4.78 is 4.12. The zero-order valence-electron chi connectivity index (χ0n) is 12.1. The first kappa shape index (κ1) is 13.4. The molecule has 1 fully saturated rings. The van der Waals surface area contributed by atoms with Gasteiger partial charge in [-0.2, -0.15) is 5.10 Å². The van der Waals surface area contributed by atoms with Crippen LogP contribution in [0.15, 0.2) is 24.8 Å². The molecule has 1 unspecified atom stereocenters. The van der Waals surface area contributed by atoms with Crippen molar-refractivity contribution < 1.29 is 0 Å². The minimum absolute atomic E-state index is 0.0443. The van der Waals surface area contributed by atoms with Crippen LogP contribution < -0.4 is 5.73 Å². The minimum atomic E-state index is -0.0443. The lowest BCUT2D eigenvalue weighted by atomic mass is 9.96. The molecule has 1 saturated carbocycles. The normalized spacial score (nSPS) is 18.3. The molecule has 0 bridgehead atoms. The van der Waals surface area contributed by atoms with E-state index in [1.54, 1.807) is 6.33 Å². The Hall–Kier alpha value is -1.62. The lowest BCUT2D eigenvalue weighted by Gasteiger charge is -2.21. The van der Waals surface area contributed by atoms with Gasteiger partial charge < -0.3 is 10.3 Å². The molecule has 5 heteroatoms. The van der Waals surface area contributed by atoms with Crippen molar-refractivity contribution >= 4 is 0 Å². The maximum absolute atomic E-state index is 6.25. The predicted octanol–water partition coefficient (Wildman–Crippen LogP) is 2.36. The predicted molar refractivity (Wildman–Crippen MR) is 78.2 cm³/mol. The minimum Gasteiger partial charge on any atom is -0.336 e.